The zero-order chi connectivity index (χ0) is 20.5. The van der Waals surface area contributed by atoms with Gasteiger partial charge in [0.05, 0.1) is 38.1 Å². The van der Waals surface area contributed by atoms with Gasteiger partial charge in [0.2, 0.25) is 0 Å². The summed E-state index contributed by atoms with van der Waals surface area (Å²) >= 11 is 6.92. The first-order chi connectivity index (χ1) is 13.3. The summed E-state index contributed by atoms with van der Waals surface area (Å²) in [6.45, 7) is 0.224. The molecule has 0 amide bonds. The van der Waals surface area contributed by atoms with Crippen molar-refractivity contribution in [1.29, 1.82) is 0 Å². The van der Waals surface area contributed by atoms with Gasteiger partial charge in [-0.05, 0) is 41.8 Å². The van der Waals surface area contributed by atoms with Crippen LogP contribution in [-0.4, -0.2) is 46.6 Å². The summed E-state index contributed by atoms with van der Waals surface area (Å²) in [6.07, 6.45) is 0.364. The summed E-state index contributed by atoms with van der Waals surface area (Å²) in [7, 11) is 0.484. The predicted octanol–water partition coefficient (Wildman–Crippen LogP) is 3.27. The fourth-order valence-corrected chi connectivity index (χ4v) is 6.52. The number of methoxy groups -OCH3 is 3. The van der Waals surface area contributed by atoms with E-state index in [4.69, 9.17) is 25.8 Å². The van der Waals surface area contributed by atoms with Crippen molar-refractivity contribution in [1.82, 2.24) is 4.31 Å². The van der Waals surface area contributed by atoms with E-state index in [0.717, 1.165) is 16.9 Å². The van der Waals surface area contributed by atoms with E-state index in [-0.39, 0.29) is 17.2 Å². The van der Waals surface area contributed by atoms with Crippen molar-refractivity contribution in [2.24, 2.45) is 0 Å². The van der Waals surface area contributed by atoms with E-state index in [2.05, 4.69) is 0 Å². The Morgan fingerprint density at radius 3 is 2.46 bits per heavy atom. The van der Waals surface area contributed by atoms with Crippen molar-refractivity contribution in [3.05, 3.63) is 39.7 Å². The minimum absolute atomic E-state index is 0.114. The molecule has 0 saturated heterocycles. The minimum Gasteiger partial charge on any atom is -0.493 e. The van der Waals surface area contributed by atoms with Gasteiger partial charge in [0.15, 0.2) is 11.5 Å². The number of thiophene rings is 1. The monoisotopic (exact) mass is 445 g/mol. The van der Waals surface area contributed by atoms with Gasteiger partial charge < -0.3 is 14.2 Å². The number of benzene rings is 1. The Labute approximate surface area is 172 Å². The fraction of sp³-hybridized carbons (Fsp3) is 0.389. The number of carbonyl (C=O) groups excluding carboxylic acids is 1. The smallest absolute Gasteiger partial charge is 0.307 e. The highest BCUT2D eigenvalue weighted by Crippen LogP contribution is 2.42. The molecule has 1 aromatic carbocycles. The Hall–Kier alpha value is -1.81. The molecule has 0 fully saturated rings. The van der Waals surface area contributed by atoms with Crippen molar-refractivity contribution in [2.45, 2.75) is 23.1 Å². The Balaban J connectivity index is 2.11. The second-order valence-electron chi connectivity index (χ2n) is 6.13. The lowest BCUT2D eigenvalue weighted by molar-refractivity contribution is -0.141. The molecule has 152 valence electrons. The van der Waals surface area contributed by atoms with Crippen LogP contribution in [-0.2, 0) is 26.0 Å². The number of hydrogen-bond acceptors (Lipinski definition) is 7. The van der Waals surface area contributed by atoms with E-state index >= 15 is 0 Å². The molecular formula is C18H20ClNO6S2. The Kier molecular flexibility index (Phi) is 6.18. The van der Waals surface area contributed by atoms with Crippen LogP contribution in [0.3, 0.4) is 0 Å². The minimum atomic E-state index is -3.83. The van der Waals surface area contributed by atoms with Crippen LogP contribution in [0, 0.1) is 0 Å². The molecule has 1 aliphatic heterocycles. The first kappa shape index (κ1) is 20.9. The molecule has 1 aromatic heterocycles. The molecule has 7 nitrogen and oxygen atoms in total. The van der Waals surface area contributed by atoms with Gasteiger partial charge in [-0.1, -0.05) is 11.6 Å². The van der Waals surface area contributed by atoms with E-state index in [0.29, 0.717) is 27.8 Å². The summed E-state index contributed by atoms with van der Waals surface area (Å²) < 4.78 is 43.8. The van der Waals surface area contributed by atoms with Crippen LogP contribution in [0.25, 0.3) is 0 Å². The summed E-state index contributed by atoms with van der Waals surface area (Å²) in [6, 6.07) is 5.85. The molecule has 1 aliphatic rings. The summed E-state index contributed by atoms with van der Waals surface area (Å²) in [5, 5.41) is 0. The third-order valence-corrected chi connectivity index (χ3v) is 8.26. The molecule has 0 unspecified atom stereocenters. The largest absolute Gasteiger partial charge is 0.493 e. The van der Waals surface area contributed by atoms with Crippen molar-refractivity contribution in [3.63, 3.8) is 0 Å². The molecule has 1 atom stereocenters. The van der Waals surface area contributed by atoms with E-state index in [1.165, 1.54) is 31.7 Å². The number of rotatable bonds is 6. The first-order valence-electron chi connectivity index (χ1n) is 8.40. The molecule has 0 N–H and O–H groups in total. The van der Waals surface area contributed by atoms with Gasteiger partial charge in [-0.2, -0.15) is 4.31 Å². The molecule has 3 rings (SSSR count). The zero-order valence-electron chi connectivity index (χ0n) is 15.6. The van der Waals surface area contributed by atoms with E-state index in [9.17, 15) is 13.2 Å². The van der Waals surface area contributed by atoms with E-state index in [1.807, 2.05) is 6.07 Å². The van der Waals surface area contributed by atoms with Gasteiger partial charge in [-0.15, -0.1) is 11.3 Å². The van der Waals surface area contributed by atoms with Crippen LogP contribution in [0.1, 0.15) is 23.6 Å². The van der Waals surface area contributed by atoms with Crippen LogP contribution >= 0.6 is 22.9 Å². The third-order valence-electron chi connectivity index (χ3n) is 4.65. The van der Waals surface area contributed by atoms with Crippen molar-refractivity contribution < 1.29 is 27.4 Å². The lowest BCUT2D eigenvalue weighted by Gasteiger charge is -2.36. The van der Waals surface area contributed by atoms with Crippen LogP contribution in [0.15, 0.2) is 28.5 Å². The van der Waals surface area contributed by atoms with Crippen LogP contribution < -0.4 is 9.47 Å². The molecule has 2 aromatic rings. The molecular weight excluding hydrogens is 426 g/mol. The molecule has 0 aliphatic carbocycles. The summed E-state index contributed by atoms with van der Waals surface area (Å²) in [4.78, 5) is 12.1. The highest BCUT2D eigenvalue weighted by Gasteiger charge is 2.39. The number of fused-ring (bicyclic) bond motifs is 1. The lowest BCUT2D eigenvalue weighted by Crippen LogP contribution is -2.40. The molecule has 28 heavy (non-hydrogen) atoms. The SMILES string of the molecule is COC(=O)C[C@H]1c2cc(OC)c(OC)cc2CCN1S(=O)(=O)c1ccc(Cl)s1. The second-order valence-corrected chi connectivity index (χ2v) is 9.96. The maximum Gasteiger partial charge on any atom is 0.307 e. The summed E-state index contributed by atoms with van der Waals surface area (Å²) in [5.41, 5.74) is 1.60. The highest BCUT2D eigenvalue weighted by atomic mass is 35.5. The number of carbonyl (C=O) groups is 1. The lowest BCUT2D eigenvalue weighted by atomic mass is 9.91. The number of sulfonamides is 1. The Morgan fingerprint density at radius 1 is 1.21 bits per heavy atom. The number of nitrogens with zero attached hydrogens (tertiary/aromatic N) is 1. The normalized spacial score (nSPS) is 17.1. The quantitative estimate of drug-likeness (QED) is 0.634. The standard InChI is InChI=1S/C18H20ClNO6S2/c1-24-14-8-11-6-7-20(28(22,23)18-5-4-16(19)27-18)13(10-17(21)26-3)12(11)9-15(14)25-2/h4-5,8-9,13H,6-7,10H2,1-3H3/t13-/m0/s1. The van der Waals surface area contributed by atoms with Gasteiger partial charge in [0, 0.05) is 6.54 Å². The van der Waals surface area contributed by atoms with Crippen LogP contribution in [0.4, 0.5) is 0 Å². The van der Waals surface area contributed by atoms with Crippen LogP contribution in [0.5, 0.6) is 11.5 Å². The number of hydrogen-bond donors (Lipinski definition) is 0. The zero-order valence-corrected chi connectivity index (χ0v) is 18.0. The maximum atomic E-state index is 13.2. The molecule has 10 heteroatoms. The molecule has 0 spiro atoms. The van der Waals surface area contributed by atoms with Gasteiger partial charge in [-0.25, -0.2) is 8.42 Å². The number of ether oxygens (including phenoxy) is 3. The fourth-order valence-electron chi connectivity index (χ4n) is 3.30. The molecule has 0 radical (unpaired) electrons. The molecule has 0 bridgehead atoms. The van der Waals surface area contributed by atoms with E-state index < -0.39 is 22.0 Å². The molecule has 0 saturated carbocycles. The average molecular weight is 446 g/mol. The van der Waals surface area contributed by atoms with Crippen molar-refractivity contribution in [2.75, 3.05) is 27.9 Å². The number of esters is 1. The Bertz CT molecular complexity index is 988. The van der Waals surface area contributed by atoms with E-state index in [1.54, 1.807) is 12.1 Å². The Morgan fingerprint density at radius 2 is 1.89 bits per heavy atom. The van der Waals surface area contributed by atoms with Gasteiger partial charge in [-0.3, -0.25) is 4.79 Å². The first-order valence-corrected chi connectivity index (χ1v) is 11.0. The molecule has 2 heterocycles. The topological polar surface area (TPSA) is 82.1 Å². The van der Waals surface area contributed by atoms with Gasteiger partial charge in [0.25, 0.3) is 10.0 Å². The summed E-state index contributed by atoms with van der Waals surface area (Å²) in [5.74, 6) is 0.519. The predicted molar refractivity (Wildman–Crippen MR) is 106 cm³/mol. The maximum absolute atomic E-state index is 13.2. The van der Waals surface area contributed by atoms with Gasteiger partial charge in [0.1, 0.15) is 4.21 Å². The third kappa shape index (κ3) is 3.84. The number of halogens is 1. The van der Waals surface area contributed by atoms with Crippen molar-refractivity contribution >= 4 is 38.9 Å². The highest BCUT2D eigenvalue weighted by molar-refractivity contribution is 7.91. The van der Waals surface area contributed by atoms with Gasteiger partial charge >= 0.3 is 5.97 Å². The second kappa shape index (κ2) is 8.28. The van der Waals surface area contributed by atoms with Crippen molar-refractivity contribution in [3.8, 4) is 11.5 Å². The average Bonchev–Trinajstić information content (AvgIpc) is 3.13. The van der Waals surface area contributed by atoms with Crippen LogP contribution in [0.2, 0.25) is 4.34 Å².